The van der Waals surface area contributed by atoms with Gasteiger partial charge in [0.2, 0.25) is 0 Å². The predicted octanol–water partition coefficient (Wildman–Crippen LogP) is 5.06. The van der Waals surface area contributed by atoms with Crippen LogP contribution in [0.4, 0.5) is 0 Å². The molecule has 0 N–H and O–H groups in total. The van der Waals surface area contributed by atoms with Crippen molar-refractivity contribution in [2.24, 2.45) is 0 Å². The molecule has 0 bridgehead atoms. The highest BCUT2D eigenvalue weighted by atomic mass is 16.2. The van der Waals surface area contributed by atoms with Crippen LogP contribution in [0.15, 0.2) is 30.6 Å². The van der Waals surface area contributed by atoms with Gasteiger partial charge in [0.25, 0.3) is 5.91 Å². The Morgan fingerprint density at radius 3 is 2.52 bits per heavy atom. The van der Waals surface area contributed by atoms with Crippen LogP contribution in [-0.4, -0.2) is 38.3 Å². The van der Waals surface area contributed by atoms with Crippen LogP contribution < -0.4 is 0 Å². The number of carbonyl (C=O) groups is 1. The summed E-state index contributed by atoms with van der Waals surface area (Å²) in [5.74, 6) is 1.17. The van der Waals surface area contributed by atoms with Crippen molar-refractivity contribution < 1.29 is 4.79 Å². The number of likely N-dealkylation sites (tertiary alicyclic amines) is 1. The van der Waals surface area contributed by atoms with E-state index in [0.29, 0.717) is 0 Å². The number of rotatable bonds is 3. The van der Waals surface area contributed by atoms with E-state index in [1.54, 1.807) is 0 Å². The molecule has 2 aromatic heterocycles. The Bertz CT molecular complexity index is 1070. The second-order valence-electron chi connectivity index (χ2n) is 8.43. The highest BCUT2D eigenvalue weighted by molar-refractivity contribution is 6.08. The molecule has 3 aromatic rings. The summed E-state index contributed by atoms with van der Waals surface area (Å²) in [5, 5.41) is 0.917. The van der Waals surface area contributed by atoms with Crippen LogP contribution in [0.3, 0.4) is 0 Å². The first-order valence-corrected chi connectivity index (χ1v) is 10.4. The number of hydrogen-bond donors (Lipinski definition) is 0. The van der Waals surface area contributed by atoms with Crippen LogP contribution in [-0.2, 0) is 0 Å². The van der Waals surface area contributed by atoms with E-state index in [1.807, 2.05) is 29.4 Å². The van der Waals surface area contributed by atoms with E-state index in [0.717, 1.165) is 58.5 Å². The van der Waals surface area contributed by atoms with Gasteiger partial charge in [-0.2, -0.15) is 0 Å². The summed E-state index contributed by atoms with van der Waals surface area (Å²) >= 11 is 0. The maximum atomic E-state index is 13.5. The van der Waals surface area contributed by atoms with Crippen molar-refractivity contribution in [3.8, 4) is 11.3 Å². The summed E-state index contributed by atoms with van der Waals surface area (Å²) in [7, 11) is 0. The van der Waals surface area contributed by atoms with E-state index in [4.69, 9.17) is 4.98 Å². The third kappa shape index (κ3) is 3.50. The van der Waals surface area contributed by atoms with Crippen molar-refractivity contribution in [1.29, 1.82) is 0 Å². The number of pyridine rings is 1. The Kier molecular flexibility index (Phi) is 5.07. The molecule has 1 amide bonds. The fourth-order valence-electron chi connectivity index (χ4n) is 4.01. The second-order valence-corrected chi connectivity index (χ2v) is 8.43. The van der Waals surface area contributed by atoms with Gasteiger partial charge in [-0.05, 0) is 50.8 Å². The fourth-order valence-corrected chi connectivity index (χ4v) is 4.01. The maximum absolute atomic E-state index is 13.5. The molecule has 0 spiro atoms. The molecule has 0 radical (unpaired) electrons. The summed E-state index contributed by atoms with van der Waals surface area (Å²) in [6.45, 7) is 11.2. The first-order valence-electron chi connectivity index (χ1n) is 10.4. The molecule has 0 aliphatic carbocycles. The largest absolute Gasteiger partial charge is 0.336 e. The number of carbonyl (C=O) groups excluding carboxylic acids is 1. The molecule has 1 aromatic carbocycles. The molecule has 1 aliphatic rings. The monoisotopic (exact) mass is 388 g/mol. The van der Waals surface area contributed by atoms with Gasteiger partial charge in [0.05, 0.1) is 16.8 Å². The summed E-state index contributed by atoms with van der Waals surface area (Å²) in [4.78, 5) is 29.4. The number of hydrogen-bond acceptors (Lipinski definition) is 4. The molecule has 1 atom stereocenters. The van der Waals surface area contributed by atoms with E-state index in [2.05, 4.69) is 50.7 Å². The average Bonchev–Trinajstić information content (AvgIpc) is 3.15. The molecule has 150 valence electrons. The number of nitrogens with zero attached hydrogens (tertiary/aromatic N) is 4. The van der Waals surface area contributed by atoms with Crippen molar-refractivity contribution in [2.45, 2.75) is 59.4 Å². The number of benzene rings is 1. The van der Waals surface area contributed by atoms with E-state index in [1.165, 1.54) is 5.56 Å². The normalized spacial score (nSPS) is 16.8. The van der Waals surface area contributed by atoms with Crippen LogP contribution in [0.2, 0.25) is 0 Å². The van der Waals surface area contributed by atoms with Gasteiger partial charge in [0, 0.05) is 41.8 Å². The zero-order valence-corrected chi connectivity index (χ0v) is 17.9. The van der Waals surface area contributed by atoms with Crippen molar-refractivity contribution in [3.63, 3.8) is 0 Å². The van der Waals surface area contributed by atoms with Crippen molar-refractivity contribution in [1.82, 2.24) is 19.9 Å². The van der Waals surface area contributed by atoms with Crippen molar-refractivity contribution in [2.75, 3.05) is 6.54 Å². The van der Waals surface area contributed by atoms with E-state index >= 15 is 0 Å². The van der Waals surface area contributed by atoms with E-state index in [-0.39, 0.29) is 17.9 Å². The van der Waals surface area contributed by atoms with Gasteiger partial charge in [-0.15, -0.1) is 0 Å². The number of aromatic nitrogens is 3. The zero-order chi connectivity index (χ0) is 20.7. The summed E-state index contributed by atoms with van der Waals surface area (Å²) in [5.41, 5.74) is 5.45. The van der Waals surface area contributed by atoms with Gasteiger partial charge >= 0.3 is 0 Å². The molecule has 1 fully saturated rings. The van der Waals surface area contributed by atoms with Gasteiger partial charge in [0.15, 0.2) is 0 Å². The topological polar surface area (TPSA) is 59.0 Å². The van der Waals surface area contributed by atoms with E-state index in [9.17, 15) is 4.79 Å². The molecule has 5 heteroatoms. The van der Waals surface area contributed by atoms with Crippen molar-refractivity contribution >= 4 is 16.8 Å². The Labute approximate surface area is 172 Å². The molecule has 0 saturated carbocycles. The first kappa shape index (κ1) is 19.5. The SMILES string of the molecule is Cc1ccc2c(C(=O)N3CCC[C@H]3C)cc(-c3cnc(C(C)C)nc3)nc2c1C. The Hall–Kier alpha value is -2.82. The molecule has 1 aliphatic heterocycles. The second kappa shape index (κ2) is 7.54. The lowest BCUT2D eigenvalue weighted by Crippen LogP contribution is -2.33. The van der Waals surface area contributed by atoms with Gasteiger partial charge in [-0.25, -0.2) is 15.0 Å². The molecular weight excluding hydrogens is 360 g/mol. The van der Waals surface area contributed by atoms with Gasteiger partial charge < -0.3 is 4.90 Å². The summed E-state index contributed by atoms with van der Waals surface area (Å²) < 4.78 is 0. The number of fused-ring (bicyclic) bond motifs is 1. The lowest BCUT2D eigenvalue weighted by atomic mass is 9.99. The highest BCUT2D eigenvalue weighted by Gasteiger charge is 2.28. The van der Waals surface area contributed by atoms with Crippen LogP contribution in [0.1, 0.15) is 66.8 Å². The highest BCUT2D eigenvalue weighted by Crippen LogP contribution is 2.30. The van der Waals surface area contributed by atoms with Crippen LogP contribution in [0.25, 0.3) is 22.2 Å². The van der Waals surface area contributed by atoms with Gasteiger partial charge in [-0.1, -0.05) is 26.0 Å². The molecule has 29 heavy (non-hydrogen) atoms. The summed E-state index contributed by atoms with van der Waals surface area (Å²) in [6.07, 6.45) is 5.75. The summed E-state index contributed by atoms with van der Waals surface area (Å²) in [6, 6.07) is 6.29. The third-order valence-corrected chi connectivity index (χ3v) is 6.03. The van der Waals surface area contributed by atoms with E-state index < -0.39 is 0 Å². The van der Waals surface area contributed by atoms with Crippen molar-refractivity contribution in [3.05, 3.63) is 53.1 Å². The smallest absolute Gasteiger partial charge is 0.254 e. The molecule has 1 saturated heterocycles. The minimum absolute atomic E-state index is 0.0895. The molecular formula is C24H28N4O. The lowest BCUT2D eigenvalue weighted by molar-refractivity contribution is 0.0749. The van der Waals surface area contributed by atoms with Crippen LogP contribution >= 0.6 is 0 Å². The zero-order valence-electron chi connectivity index (χ0n) is 17.9. The average molecular weight is 389 g/mol. The van der Waals surface area contributed by atoms with Gasteiger partial charge in [0.1, 0.15) is 5.82 Å². The quantitative estimate of drug-likeness (QED) is 0.629. The number of aryl methyl sites for hydroxylation is 2. The standard InChI is InChI=1S/C24H28N4O/c1-14(2)23-25-12-18(13-26-23)21-11-20(24(29)28-10-6-7-16(28)4)19-9-8-15(3)17(5)22(19)27-21/h8-9,11-14,16H,6-7,10H2,1-5H3/t16-/m1/s1. The van der Waals surface area contributed by atoms with Gasteiger partial charge in [-0.3, -0.25) is 4.79 Å². The molecule has 3 heterocycles. The fraction of sp³-hybridized carbons (Fsp3) is 0.417. The Morgan fingerprint density at radius 2 is 1.90 bits per heavy atom. The minimum atomic E-state index is 0.0895. The predicted molar refractivity (Wildman–Crippen MR) is 116 cm³/mol. The van der Waals surface area contributed by atoms with Crippen LogP contribution in [0.5, 0.6) is 0 Å². The minimum Gasteiger partial charge on any atom is -0.336 e. The first-order chi connectivity index (χ1) is 13.9. The molecule has 4 rings (SSSR count). The molecule has 5 nitrogen and oxygen atoms in total. The Morgan fingerprint density at radius 1 is 1.17 bits per heavy atom. The number of amides is 1. The third-order valence-electron chi connectivity index (χ3n) is 6.03. The van der Waals surface area contributed by atoms with Crippen LogP contribution in [0, 0.1) is 13.8 Å². The Balaban J connectivity index is 1.89. The lowest BCUT2D eigenvalue weighted by Gasteiger charge is -2.23. The molecule has 0 unspecified atom stereocenters. The maximum Gasteiger partial charge on any atom is 0.254 e.